The normalized spacial score (nSPS) is 11.5. The van der Waals surface area contributed by atoms with Crippen molar-refractivity contribution in [1.82, 2.24) is 15.2 Å². The highest BCUT2D eigenvalue weighted by Crippen LogP contribution is 2.23. The molecule has 0 aliphatic heterocycles. The zero-order valence-corrected chi connectivity index (χ0v) is 11.2. The lowest BCUT2D eigenvalue weighted by atomic mass is 10.5. The van der Waals surface area contributed by atoms with Crippen molar-refractivity contribution in [2.75, 3.05) is 4.72 Å². The summed E-state index contributed by atoms with van der Waals surface area (Å²) >= 11 is 11.3. The predicted octanol–water partition coefficient (Wildman–Crippen LogP) is 1.88. The van der Waals surface area contributed by atoms with Gasteiger partial charge in [-0.3, -0.25) is 0 Å². The summed E-state index contributed by atoms with van der Waals surface area (Å²) in [6.45, 7) is 1.53. The Balaban J connectivity index is 2.33. The molecule has 1 N–H and O–H groups in total. The van der Waals surface area contributed by atoms with E-state index in [9.17, 15) is 8.42 Å². The van der Waals surface area contributed by atoms with Crippen LogP contribution in [0.15, 0.2) is 21.6 Å². The molecule has 0 atom stereocenters. The lowest BCUT2D eigenvalue weighted by molar-refractivity contribution is 0.534. The Morgan fingerprint density at radius 1 is 1.33 bits per heavy atom. The maximum Gasteiger partial charge on any atom is 0.329 e. The first kappa shape index (κ1) is 13.1. The molecule has 2 heterocycles. The number of aromatic nitrogens is 3. The molecule has 0 aromatic carbocycles. The van der Waals surface area contributed by atoms with Gasteiger partial charge in [-0.15, -0.1) is 5.10 Å². The van der Waals surface area contributed by atoms with Crippen LogP contribution in [0, 0.1) is 6.92 Å². The largest absolute Gasteiger partial charge is 0.408 e. The third-order valence-corrected chi connectivity index (χ3v) is 3.80. The molecule has 0 radical (unpaired) electrons. The van der Waals surface area contributed by atoms with Crippen molar-refractivity contribution in [2.45, 2.75) is 11.8 Å². The maximum atomic E-state index is 11.9. The fraction of sp³-hybridized carbons (Fsp3) is 0.125. The number of sulfonamides is 1. The summed E-state index contributed by atoms with van der Waals surface area (Å²) in [5.74, 6) is 0.236. The van der Waals surface area contributed by atoms with Gasteiger partial charge in [-0.2, -0.15) is 0 Å². The van der Waals surface area contributed by atoms with Crippen molar-refractivity contribution in [3.8, 4) is 0 Å². The molecule has 0 unspecified atom stereocenters. The third kappa shape index (κ3) is 2.71. The minimum absolute atomic E-state index is 0.0178. The van der Waals surface area contributed by atoms with Crippen LogP contribution in [0.5, 0.6) is 0 Å². The Morgan fingerprint density at radius 3 is 2.61 bits per heavy atom. The molecule has 0 amide bonds. The molecule has 2 aromatic rings. The minimum Gasteiger partial charge on any atom is -0.408 e. The van der Waals surface area contributed by atoms with Crippen LogP contribution in [0.4, 0.5) is 6.01 Å². The van der Waals surface area contributed by atoms with Gasteiger partial charge in [-0.05, 0) is 6.07 Å². The summed E-state index contributed by atoms with van der Waals surface area (Å²) in [4.78, 5) is 3.48. The first-order valence-corrected chi connectivity index (χ1v) is 6.76. The van der Waals surface area contributed by atoms with Crippen LogP contribution in [-0.4, -0.2) is 23.6 Å². The van der Waals surface area contributed by atoms with E-state index in [1.165, 1.54) is 13.0 Å². The van der Waals surface area contributed by atoms with Gasteiger partial charge in [0.25, 0.3) is 10.0 Å². The van der Waals surface area contributed by atoms with Crippen LogP contribution >= 0.6 is 23.2 Å². The highest BCUT2D eigenvalue weighted by molar-refractivity contribution is 7.92. The number of anilines is 1. The fourth-order valence-corrected chi connectivity index (χ4v) is 2.29. The summed E-state index contributed by atoms with van der Waals surface area (Å²) in [7, 11) is -3.89. The Labute approximate surface area is 112 Å². The summed E-state index contributed by atoms with van der Waals surface area (Å²) in [6, 6.07) is 0.932. The first-order valence-electron chi connectivity index (χ1n) is 4.52. The van der Waals surface area contributed by atoms with Crippen LogP contribution in [0.3, 0.4) is 0 Å². The molecule has 0 saturated heterocycles. The summed E-state index contributed by atoms with van der Waals surface area (Å²) in [5.41, 5.74) is 0. The number of hydrogen-bond donors (Lipinski definition) is 1. The van der Waals surface area contributed by atoms with Gasteiger partial charge in [-0.25, -0.2) is 18.1 Å². The molecule has 7 nitrogen and oxygen atoms in total. The lowest BCUT2D eigenvalue weighted by Crippen LogP contribution is -2.13. The standard InChI is InChI=1S/C8H6Cl2N4O3S/c1-4-12-13-8(17-4)14-18(15,16)5-2-6(9)7(10)11-3-5/h2-3H,1H3,(H,13,14). The van der Waals surface area contributed by atoms with Crippen molar-refractivity contribution in [1.29, 1.82) is 0 Å². The molecule has 0 bridgehead atoms. The van der Waals surface area contributed by atoms with Crippen molar-refractivity contribution in [3.63, 3.8) is 0 Å². The maximum absolute atomic E-state index is 11.9. The van der Waals surface area contributed by atoms with E-state index in [0.29, 0.717) is 0 Å². The fourth-order valence-electron chi connectivity index (χ4n) is 1.06. The second-order valence-electron chi connectivity index (χ2n) is 3.18. The molecule has 10 heteroatoms. The third-order valence-electron chi connectivity index (χ3n) is 1.83. The van der Waals surface area contributed by atoms with E-state index in [2.05, 4.69) is 19.9 Å². The lowest BCUT2D eigenvalue weighted by Gasteiger charge is -2.04. The molecule has 0 saturated carbocycles. The van der Waals surface area contributed by atoms with Crippen molar-refractivity contribution in [3.05, 3.63) is 28.3 Å². The predicted molar refractivity (Wildman–Crippen MR) is 64.1 cm³/mol. The average Bonchev–Trinajstić information content (AvgIpc) is 2.67. The van der Waals surface area contributed by atoms with Crippen LogP contribution in [0.1, 0.15) is 5.89 Å². The molecule has 2 aromatic heterocycles. The Hall–Kier alpha value is -1.38. The molecular weight excluding hydrogens is 303 g/mol. The second-order valence-corrected chi connectivity index (χ2v) is 5.62. The number of aryl methyl sites for hydroxylation is 1. The number of nitrogens with one attached hydrogen (secondary N) is 1. The molecule has 2 rings (SSSR count). The van der Waals surface area contributed by atoms with Crippen molar-refractivity contribution in [2.24, 2.45) is 0 Å². The Kier molecular flexibility index (Phi) is 3.42. The zero-order valence-electron chi connectivity index (χ0n) is 8.89. The second kappa shape index (κ2) is 4.71. The quantitative estimate of drug-likeness (QED) is 0.869. The highest BCUT2D eigenvalue weighted by Gasteiger charge is 2.19. The molecular formula is C8H6Cl2N4O3S. The van der Waals surface area contributed by atoms with E-state index in [1.54, 1.807) is 0 Å². The van der Waals surface area contributed by atoms with E-state index >= 15 is 0 Å². The van der Waals surface area contributed by atoms with Crippen LogP contribution in [-0.2, 0) is 10.0 Å². The smallest absolute Gasteiger partial charge is 0.329 e. The monoisotopic (exact) mass is 308 g/mol. The highest BCUT2D eigenvalue weighted by atomic mass is 35.5. The van der Waals surface area contributed by atoms with Crippen LogP contribution < -0.4 is 4.72 Å². The summed E-state index contributed by atoms with van der Waals surface area (Å²) in [5, 5.41) is 7.05. The van der Waals surface area contributed by atoms with Gasteiger partial charge in [0.15, 0.2) is 0 Å². The SMILES string of the molecule is Cc1nnc(NS(=O)(=O)c2cnc(Cl)c(Cl)c2)o1. The van der Waals surface area contributed by atoms with Gasteiger partial charge >= 0.3 is 6.01 Å². The Morgan fingerprint density at radius 2 is 2.06 bits per heavy atom. The van der Waals surface area contributed by atoms with Gasteiger partial charge in [0.1, 0.15) is 10.0 Å². The molecule has 0 aliphatic carbocycles. The summed E-state index contributed by atoms with van der Waals surface area (Å²) in [6.07, 6.45) is 1.07. The van der Waals surface area contributed by atoms with E-state index in [-0.39, 0.29) is 27.0 Å². The van der Waals surface area contributed by atoms with Crippen LogP contribution in [0.25, 0.3) is 0 Å². The number of halogens is 2. The molecule has 0 aliphatic rings. The number of hydrogen-bond acceptors (Lipinski definition) is 6. The zero-order chi connectivity index (χ0) is 13.3. The molecule has 0 spiro atoms. The van der Waals surface area contributed by atoms with Gasteiger partial charge < -0.3 is 4.42 Å². The number of nitrogens with zero attached hydrogens (tertiary/aromatic N) is 3. The van der Waals surface area contributed by atoms with E-state index in [4.69, 9.17) is 27.6 Å². The van der Waals surface area contributed by atoms with Crippen molar-refractivity contribution >= 4 is 39.2 Å². The first-order chi connectivity index (χ1) is 8.38. The Bertz CT molecular complexity index is 685. The molecule has 96 valence electrons. The minimum atomic E-state index is -3.89. The van der Waals surface area contributed by atoms with Gasteiger partial charge in [0.2, 0.25) is 5.89 Å². The van der Waals surface area contributed by atoms with E-state index in [1.807, 2.05) is 0 Å². The van der Waals surface area contributed by atoms with Gasteiger partial charge in [0.05, 0.1) is 5.02 Å². The summed E-state index contributed by atoms with van der Waals surface area (Å²) < 4.78 is 30.8. The molecule has 0 fully saturated rings. The van der Waals surface area contributed by atoms with Crippen molar-refractivity contribution < 1.29 is 12.8 Å². The molecule has 18 heavy (non-hydrogen) atoms. The van der Waals surface area contributed by atoms with E-state index in [0.717, 1.165) is 6.20 Å². The average molecular weight is 309 g/mol. The number of pyridine rings is 1. The number of rotatable bonds is 3. The van der Waals surface area contributed by atoms with Crippen LogP contribution in [0.2, 0.25) is 10.2 Å². The van der Waals surface area contributed by atoms with Gasteiger partial charge in [-0.1, -0.05) is 28.3 Å². The van der Waals surface area contributed by atoms with Gasteiger partial charge in [0, 0.05) is 13.1 Å². The van der Waals surface area contributed by atoms with E-state index < -0.39 is 10.0 Å². The topological polar surface area (TPSA) is 98.0 Å².